The summed E-state index contributed by atoms with van der Waals surface area (Å²) in [5.74, 6) is 0.738. The molecule has 3 heterocycles. The van der Waals surface area contributed by atoms with Crippen LogP contribution in [0.5, 0.6) is 0 Å². The fourth-order valence-corrected chi connectivity index (χ4v) is 5.44. The van der Waals surface area contributed by atoms with E-state index < -0.39 is 0 Å². The molecule has 2 aromatic heterocycles. The van der Waals surface area contributed by atoms with Gasteiger partial charge in [-0.1, -0.05) is 12.8 Å². The van der Waals surface area contributed by atoms with Crippen molar-refractivity contribution in [2.24, 2.45) is 7.05 Å². The highest BCUT2D eigenvalue weighted by molar-refractivity contribution is 7.09. The monoisotopic (exact) mass is 401 g/mol. The van der Waals surface area contributed by atoms with Gasteiger partial charge in [-0.15, -0.1) is 11.3 Å². The zero-order valence-electron chi connectivity index (χ0n) is 17.2. The van der Waals surface area contributed by atoms with Crippen molar-refractivity contribution in [1.29, 1.82) is 0 Å². The first kappa shape index (κ1) is 19.6. The molecule has 0 aromatic carbocycles. The van der Waals surface area contributed by atoms with Gasteiger partial charge in [0.2, 0.25) is 0 Å². The zero-order valence-corrected chi connectivity index (χ0v) is 18.0. The Kier molecular flexibility index (Phi) is 5.83. The molecular formula is C21H31N5OS. The van der Waals surface area contributed by atoms with Crippen molar-refractivity contribution in [3.05, 3.63) is 33.5 Å². The van der Waals surface area contributed by atoms with Crippen molar-refractivity contribution < 1.29 is 4.79 Å². The van der Waals surface area contributed by atoms with Gasteiger partial charge in [-0.05, 0) is 38.7 Å². The minimum Gasteiger partial charge on any atom is -0.337 e. The van der Waals surface area contributed by atoms with Gasteiger partial charge < -0.3 is 4.90 Å². The Bertz CT molecular complexity index is 795. The first-order chi connectivity index (χ1) is 13.5. The molecule has 1 aliphatic heterocycles. The number of likely N-dealkylation sites (tertiary alicyclic amines) is 1. The highest BCUT2D eigenvalue weighted by atomic mass is 32.1. The Hall–Kier alpha value is -1.73. The molecule has 0 bridgehead atoms. The third-order valence-corrected chi connectivity index (χ3v) is 7.47. The van der Waals surface area contributed by atoms with E-state index >= 15 is 0 Å². The van der Waals surface area contributed by atoms with Gasteiger partial charge in [-0.3, -0.25) is 14.4 Å². The number of amides is 1. The number of aryl methyl sites for hydroxylation is 2. The summed E-state index contributed by atoms with van der Waals surface area (Å²) in [6, 6.07) is 2.16. The van der Waals surface area contributed by atoms with Gasteiger partial charge in [0.25, 0.3) is 5.91 Å². The van der Waals surface area contributed by atoms with Crippen LogP contribution in [-0.2, 0) is 13.6 Å². The molecule has 0 radical (unpaired) electrons. The fraction of sp³-hybridized carbons (Fsp3) is 0.667. The van der Waals surface area contributed by atoms with Crippen LogP contribution in [0, 0.1) is 6.92 Å². The van der Waals surface area contributed by atoms with Gasteiger partial charge in [-0.25, -0.2) is 4.98 Å². The van der Waals surface area contributed by atoms with Crippen LogP contribution in [0.4, 0.5) is 0 Å². The van der Waals surface area contributed by atoms with Crippen LogP contribution < -0.4 is 0 Å². The van der Waals surface area contributed by atoms with Crippen molar-refractivity contribution in [2.45, 2.75) is 64.0 Å². The number of rotatable bonds is 5. The topological polar surface area (TPSA) is 54.3 Å². The van der Waals surface area contributed by atoms with E-state index in [1.165, 1.54) is 36.4 Å². The molecule has 4 rings (SSSR count). The molecule has 1 saturated carbocycles. The number of nitrogens with zero attached hydrogens (tertiary/aromatic N) is 5. The van der Waals surface area contributed by atoms with Crippen molar-refractivity contribution in [3.63, 3.8) is 0 Å². The molecule has 0 unspecified atom stereocenters. The van der Waals surface area contributed by atoms with Crippen molar-refractivity contribution in [3.8, 4) is 0 Å². The predicted molar refractivity (Wildman–Crippen MR) is 112 cm³/mol. The van der Waals surface area contributed by atoms with E-state index in [-0.39, 0.29) is 11.9 Å². The molecule has 0 N–H and O–H groups in total. The third-order valence-electron chi connectivity index (χ3n) is 6.42. The maximum atomic E-state index is 12.7. The van der Waals surface area contributed by atoms with E-state index in [1.807, 2.05) is 43.3 Å². The molecule has 1 saturated heterocycles. The highest BCUT2D eigenvalue weighted by Gasteiger charge is 2.28. The fourth-order valence-electron chi connectivity index (χ4n) is 4.46. The summed E-state index contributed by atoms with van der Waals surface area (Å²) in [7, 11) is 3.79. The number of aromatic nitrogens is 3. The van der Waals surface area contributed by atoms with Crippen LogP contribution >= 0.6 is 11.3 Å². The number of carbonyl (C=O) groups excluding carboxylic acids is 1. The molecule has 1 amide bonds. The third kappa shape index (κ3) is 4.15. The Morgan fingerprint density at radius 3 is 2.61 bits per heavy atom. The van der Waals surface area contributed by atoms with E-state index in [2.05, 4.69) is 15.4 Å². The smallest absolute Gasteiger partial charge is 0.274 e. The first-order valence-corrected chi connectivity index (χ1v) is 11.3. The second-order valence-electron chi connectivity index (χ2n) is 8.38. The lowest BCUT2D eigenvalue weighted by atomic mass is 10.0. The van der Waals surface area contributed by atoms with Crippen molar-refractivity contribution in [1.82, 2.24) is 24.6 Å². The number of hydrogen-bond acceptors (Lipinski definition) is 5. The van der Waals surface area contributed by atoms with Crippen LogP contribution in [0.3, 0.4) is 0 Å². The Morgan fingerprint density at radius 1 is 1.25 bits per heavy atom. The van der Waals surface area contributed by atoms with E-state index in [0.29, 0.717) is 11.6 Å². The second kappa shape index (κ2) is 8.33. The van der Waals surface area contributed by atoms with Crippen LogP contribution in [0.25, 0.3) is 0 Å². The molecule has 28 heavy (non-hydrogen) atoms. The van der Waals surface area contributed by atoms with Gasteiger partial charge in [0.15, 0.2) is 5.69 Å². The normalized spacial score (nSPS) is 19.4. The SMILES string of the molecule is Cc1cc(C(=O)N(C)C2CCN(Cc3csc(C4CCCC4)n3)CC2)nn1C. The number of thiazole rings is 1. The predicted octanol–water partition coefficient (Wildman–Crippen LogP) is 3.58. The molecule has 7 heteroatoms. The maximum Gasteiger partial charge on any atom is 0.274 e. The van der Waals surface area contributed by atoms with Crippen LogP contribution in [0.2, 0.25) is 0 Å². The lowest BCUT2D eigenvalue weighted by Gasteiger charge is -2.36. The Morgan fingerprint density at radius 2 is 1.96 bits per heavy atom. The standard InChI is InChI=1S/C21H31N5OS/c1-15-12-19(23-25(15)3)21(27)24(2)18-8-10-26(11-9-18)13-17-14-28-20(22-17)16-6-4-5-7-16/h12,14,16,18H,4-11,13H2,1-3H3. The van der Waals surface area contributed by atoms with Gasteiger partial charge in [0, 0.05) is 56.8 Å². The summed E-state index contributed by atoms with van der Waals surface area (Å²) in [5, 5.41) is 7.93. The molecule has 2 fully saturated rings. The summed E-state index contributed by atoms with van der Waals surface area (Å²) >= 11 is 1.85. The number of hydrogen-bond donors (Lipinski definition) is 0. The first-order valence-electron chi connectivity index (χ1n) is 10.5. The molecule has 6 nitrogen and oxygen atoms in total. The minimum absolute atomic E-state index is 0.0304. The van der Waals surface area contributed by atoms with Gasteiger partial charge in [0.05, 0.1) is 10.7 Å². The average molecular weight is 402 g/mol. The molecule has 152 valence electrons. The minimum atomic E-state index is 0.0304. The summed E-state index contributed by atoms with van der Waals surface area (Å²) < 4.78 is 1.76. The lowest BCUT2D eigenvalue weighted by Crippen LogP contribution is -2.45. The average Bonchev–Trinajstić information content (AvgIpc) is 3.43. The van der Waals surface area contributed by atoms with Crippen molar-refractivity contribution >= 4 is 17.2 Å². The van der Waals surface area contributed by atoms with Crippen molar-refractivity contribution in [2.75, 3.05) is 20.1 Å². The number of piperidine rings is 1. The molecule has 0 spiro atoms. The molecule has 1 aliphatic carbocycles. The zero-order chi connectivity index (χ0) is 19.7. The van der Waals surface area contributed by atoms with E-state index in [4.69, 9.17) is 4.98 Å². The lowest BCUT2D eigenvalue weighted by molar-refractivity contribution is 0.0629. The summed E-state index contributed by atoms with van der Waals surface area (Å²) in [4.78, 5) is 22.0. The highest BCUT2D eigenvalue weighted by Crippen LogP contribution is 2.35. The molecule has 0 atom stereocenters. The summed E-state index contributed by atoms with van der Waals surface area (Å²) in [6.45, 7) is 4.94. The van der Waals surface area contributed by atoms with E-state index in [9.17, 15) is 4.79 Å². The quantitative estimate of drug-likeness (QED) is 0.768. The maximum absolute atomic E-state index is 12.7. The van der Waals surface area contributed by atoms with Crippen LogP contribution in [0.1, 0.15) is 71.3 Å². The van der Waals surface area contributed by atoms with E-state index in [1.54, 1.807) is 4.68 Å². The summed E-state index contributed by atoms with van der Waals surface area (Å²) in [6.07, 6.45) is 7.36. The van der Waals surface area contributed by atoms with Crippen LogP contribution in [-0.4, -0.2) is 56.7 Å². The molecule has 2 aromatic rings. The van der Waals surface area contributed by atoms with Crippen LogP contribution in [0.15, 0.2) is 11.4 Å². The van der Waals surface area contributed by atoms with E-state index in [0.717, 1.165) is 38.2 Å². The van der Waals surface area contributed by atoms with Gasteiger partial charge >= 0.3 is 0 Å². The largest absolute Gasteiger partial charge is 0.337 e. The van der Waals surface area contributed by atoms with Gasteiger partial charge in [-0.2, -0.15) is 5.10 Å². The summed E-state index contributed by atoms with van der Waals surface area (Å²) in [5.41, 5.74) is 2.78. The molecular weight excluding hydrogens is 370 g/mol. The Labute approximate surface area is 171 Å². The molecule has 2 aliphatic rings. The second-order valence-corrected chi connectivity index (χ2v) is 9.27. The number of carbonyl (C=O) groups is 1. The van der Waals surface area contributed by atoms with Gasteiger partial charge in [0.1, 0.15) is 0 Å². The Balaban J connectivity index is 1.28.